The molecule has 78 valence electrons. The van der Waals surface area contributed by atoms with Crippen LogP contribution in [0.15, 0.2) is 0 Å². The van der Waals surface area contributed by atoms with Crippen LogP contribution in [0.4, 0.5) is 0 Å². The van der Waals surface area contributed by atoms with Crippen molar-refractivity contribution in [3.8, 4) is 0 Å². The summed E-state index contributed by atoms with van der Waals surface area (Å²) in [6.45, 7) is 1.10. The van der Waals surface area contributed by atoms with Crippen LogP contribution in [0.1, 0.15) is 25.7 Å². The van der Waals surface area contributed by atoms with Gasteiger partial charge in [-0.2, -0.15) is 0 Å². The van der Waals surface area contributed by atoms with Crippen LogP contribution in [-0.4, -0.2) is 48.0 Å². The maximum absolute atomic E-state index is 8.93. The van der Waals surface area contributed by atoms with E-state index in [1.54, 1.807) is 0 Å². The minimum atomic E-state index is -0.0694. The maximum atomic E-state index is 8.93. The Morgan fingerprint density at radius 1 is 1.31 bits per heavy atom. The van der Waals surface area contributed by atoms with E-state index in [0.29, 0.717) is 0 Å². The van der Waals surface area contributed by atoms with E-state index in [1.807, 2.05) is 7.05 Å². The van der Waals surface area contributed by atoms with Gasteiger partial charge in [-0.15, -0.1) is 0 Å². The summed E-state index contributed by atoms with van der Waals surface area (Å²) in [5.41, 5.74) is 0. The quantitative estimate of drug-likeness (QED) is 0.635. The van der Waals surface area contributed by atoms with E-state index in [1.165, 1.54) is 25.7 Å². The summed E-state index contributed by atoms with van der Waals surface area (Å²) in [4.78, 5) is 2.05. The molecule has 13 heavy (non-hydrogen) atoms. The monoisotopic (exact) mass is 187 g/mol. The summed E-state index contributed by atoms with van der Waals surface area (Å²) in [5, 5.41) is 17.9. The lowest BCUT2D eigenvalue weighted by Gasteiger charge is -2.30. The van der Waals surface area contributed by atoms with Gasteiger partial charge < -0.3 is 10.2 Å². The highest BCUT2D eigenvalue weighted by molar-refractivity contribution is 4.73. The molecular formula is C10H21NO2. The molecule has 1 aliphatic carbocycles. The largest absolute Gasteiger partial charge is 0.395 e. The Balaban J connectivity index is 2.10. The molecule has 0 saturated heterocycles. The summed E-state index contributed by atoms with van der Waals surface area (Å²) < 4.78 is 0. The zero-order chi connectivity index (χ0) is 9.68. The van der Waals surface area contributed by atoms with Crippen LogP contribution >= 0.6 is 0 Å². The second kappa shape index (κ2) is 5.58. The molecule has 0 atom stereocenters. The first-order valence-corrected chi connectivity index (χ1v) is 5.20. The van der Waals surface area contributed by atoms with Gasteiger partial charge in [-0.3, -0.25) is 4.90 Å². The van der Waals surface area contributed by atoms with E-state index in [0.717, 1.165) is 12.5 Å². The minimum Gasteiger partial charge on any atom is -0.395 e. The topological polar surface area (TPSA) is 43.7 Å². The first kappa shape index (κ1) is 11.0. The molecule has 2 N–H and O–H groups in total. The third kappa shape index (κ3) is 3.25. The number of likely N-dealkylation sites (N-methyl/N-ethyl adjacent to an activating group) is 1. The molecule has 0 aliphatic heterocycles. The Bertz CT molecular complexity index is 133. The lowest BCUT2D eigenvalue weighted by atomic mass is 9.83. The molecule has 1 saturated carbocycles. The number of rotatable bonds is 6. The summed E-state index contributed by atoms with van der Waals surface area (Å²) >= 11 is 0. The van der Waals surface area contributed by atoms with Crippen molar-refractivity contribution in [2.24, 2.45) is 5.92 Å². The standard InChI is InChI=1S/C10H21NO2/c1-11(10(7-12)8-13)6-5-9-3-2-4-9/h9-10,12-13H,2-8H2,1H3. The van der Waals surface area contributed by atoms with Gasteiger partial charge >= 0.3 is 0 Å². The van der Waals surface area contributed by atoms with E-state index >= 15 is 0 Å². The highest BCUT2D eigenvalue weighted by Gasteiger charge is 2.19. The lowest BCUT2D eigenvalue weighted by Crippen LogP contribution is -2.39. The first-order chi connectivity index (χ1) is 6.27. The van der Waals surface area contributed by atoms with Crippen LogP contribution in [0.5, 0.6) is 0 Å². The third-order valence-electron chi connectivity index (χ3n) is 3.16. The van der Waals surface area contributed by atoms with Crippen molar-refractivity contribution >= 4 is 0 Å². The fourth-order valence-electron chi connectivity index (χ4n) is 1.69. The van der Waals surface area contributed by atoms with Gasteiger partial charge in [0.05, 0.1) is 19.3 Å². The molecule has 3 nitrogen and oxygen atoms in total. The van der Waals surface area contributed by atoms with Crippen molar-refractivity contribution in [1.82, 2.24) is 4.90 Å². The van der Waals surface area contributed by atoms with Crippen molar-refractivity contribution in [1.29, 1.82) is 0 Å². The average Bonchev–Trinajstić information content (AvgIpc) is 2.04. The smallest absolute Gasteiger partial charge is 0.0609 e. The maximum Gasteiger partial charge on any atom is 0.0609 e. The van der Waals surface area contributed by atoms with Crippen LogP contribution < -0.4 is 0 Å². The van der Waals surface area contributed by atoms with Gasteiger partial charge in [0.15, 0.2) is 0 Å². The number of hydrogen-bond donors (Lipinski definition) is 2. The Kier molecular flexibility index (Phi) is 4.70. The molecule has 3 heteroatoms. The van der Waals surface area contributed by atoms with Crippen LogP contribution in [-0.2, 0) is 0 Å². The molecule has 0 radical (unpaired) electrons. The number of aliphatic hydroxyl groups excluding tert-OH is 2. The van der Waals surface area contributed by atoms with Crippen LogP contribution in [0.25, 0.3) is 0 Å². The SMILES string of the molecule is CN(CCC1CCC1)C(CO)CO. The zero-order valence-electron chi connectivity index (χ0n) is 8.45. The number of aliphatic hydroxyl groups is 2. The van der Waals surface area contributed by atoms with E-state index in [-0.39, 0.29) is 19.3 Å². The van der Waals surface area contributed by atoms with Crippen LogP contribution in [0.2, 0.25) is 0 Å². The lowest BCUT2D eigenvalue weighted by molar-refractivity contribution is 0.0841. The summed E-state index contributed by atoms with van der Waals surface area (Å²) in [6.07, 6.45) is 5.35. The molecule has 1 rings (SSSR count). The van der Waals surface area contributed by atoms with Crippen LogP contribution in [0.3, 0.4) is 0 Å². The number of hydrogen-bond acceptors (Lipinski definition) is 3. The molecular weight excluding hydrogens is 166 g/mol. The summed E-state index contributed by atoms with van der Waals surface area (Å²) in [6, 6.07) is -0.0694. The molecule has 1 aliphatic rings. The first-order valence-electron chi connectivity index (χ1n) is 5.20. The Labute approximate surface area is 80.4 Å². The van der Waals surface area contributed by atoms with Gasteiger partial charge in [-0.1, -0.05) is 19.3 Å². The predicted octanol–water partition coefficient (Wildman–Crippen LogP) is 0.462. The van der Waals surface area contributed by atoms with E-state index in [4.69, 9.17) is 10.2 Å². The van der Waals surface area contributed by atoms with E-state index in [2.05, 4.69) is 4.90 Å². The van der Waals surface area contributed by atoms with Crippen molar-refractivity contribution < 1.29 is 10.2 Å². The predicted molar refractivity (Wildman–Crippen MR) is 52.5 cm³/mol. The molecule has 0 aromatic carbocycles. The number of nitrogens with zero attached hydrogens (tertiary/aromatic N) is 1. The fourth-order valence-corrected chi connectivity index (χ4v) is 1.69. The highest BCUT2D eigenvalue weighted by atomic mass is 16.3. The van der Waals surface area contributed by atoms with E-state index < -0.39 is 0 Å². The van der Waals surface area contributed by atoms with Gasteiger partial charge in [-0.05, 0) is 25.9 Å². The molecule has 0 unspecified atom stereocenters. The second-order valence-electron chi connectivity index (χ2n) is 4.09. The van der Waals surface area contributed by atoms with Crippen molar-refractivity contribution in [2.75, 3.05) is 26.8 Å². The molecule has 0 aromatic rings. The Morgan fingerprint density at radius 2 is 1.92 bits per heavy atom. The minimum absolute atomic E-state index is 0.0532. The normalized spacial score (nSPS) is 18.2. The van der Waals surface area contributed by atoms with Crippen molar-refractivity contribution in [2.45, 2.75) is 31.7 Å². The van der Waals surface area contributed by atoms with Gasteiger partial charge in [-0.25, -0.2) is 0 Å². The second-order valence-corrected chi connectivity index (χ2v) is 4.09. The van der Waals surface area contributed by atoms with Crippen molar-refractivity contribution in [3.05, 3.63) is 0 Å². The molecule has 0 heterocycles. The molecule has 0 aromatic heterocycles. The summed E-state index contributed by atoms with van der Waals surface area (Å²) in [7, 11) is 1.97. The van der Waals surface area contributed by atoms with Gasteiger partial charge in [0.1, 0.15) is 0 Å². The molecule has 0 bridgehead atoms. The highest BCUT2D eigenvalue weighted by Crippen LogP contribution is 2.29. The van der Waals surface area contributed by atoms with Gasteiger partial charge in [0, 0.05) is 0 Å². The van der Waals surface area contributed by atoms with Crippen LogP contribution in [0, 0.1) is 5.92 Å². The Morgan fingerprint density at radius 3 is 2.31 bits per heavy atom. The fraction of sp³-hybridized carbons (Fsp3) is 1.00. The average molecular weight is 187 g/mol. The van der Waals surface area contributed by atoms with E-state index in [9.17, 15) is 0 Å². The van der Waals surface area contributed by atoms with Crippen molar-refractivity contribution in [3.63, 3.8) is 0 Å². The molecule has 1 fully saturated rings. The molecule has 0 spiro atoms. The van der Waals surface area contributed by atoms with Gasteiger partial charge in [0.25, 0.3) is 0 Å². The molecule has 0 amide bonds. The summed E-state index contributed by atoms with van der Waals surface area (Å²) in [5.74, 6) is 0.903. The van der Waals surface area contributed by atoms with Gasteiger partial charge in [0.2, 0.25) is 0 Å². The third-order valence-corrected chi connectivity index (χ3v) is 3.16. The zero-order valence-corrected chi connectivity index (χ0v) is 8.45. The Hall–Kier alpha value is -0.120.